The van der Waals surface area contributed by atoms with Gasteiger partial charge in [-0.3, -0.25) is 4.79 Å². The standard InChI is InChI=1S/C14H10O5.C10H7F3O4/c15-11-7-3-1-5-9(11)14(18)19-12-8-4-2-6-10(12)13(16)17;1-5(14)17-8-4-6(10(11,12)13)2-3-7(8)9(15)16/h1-8,15H,(H,16,17);2-4H,1H3,(H,15,16). The molecule has 0 heterocycles. The minimum absolute atomic E-state index is 0.0253. The van der Waals surface area contributed by atoms with E-state index in [1.807, 2.05) is 0 Å². The van der Waals surface area contributed by atoms with Crippen molar-refractivity contribution in [2.24, 2.45) is 0 Å². The van der Waals surface area contributed by atoms with Gasteiger partial charge in [0.05, 0.1) is 5.56 Å². The van der Waals surface area contributed by atoms with Crippen LogP contribution in [0, 0.1) is 0 Å². The second-order valence-electron chi connectivity index (χ2n) is 6.82. The van der Waals surface area contributed by atoms with Crippen molar-refractivity contribution >= 4 is 23.9 Å². The van der Waals surface area contributed by atoms with Gasteiger partial charge < -0.3 is 24.8 Å². The van der Waals surface area contributed by atoms with Crippen molar-refractivity contribution in [1.82, 2.24) is 0 Å². The first-order chi connectivity index (χ1) is 16.8. The van der Waals surface area contributed by atoms with Crippen molar-refractivity contribution in [1.29, 1.82) is 0 Å². The molecule has 0 saturated heterocycles. The number of phenolic OH excluding ortho intramolecular Hbond substituents is 1. The summed E-state index contributed by atoms with van der Waals surface area (Å²) in [4.78, 5) is 44.1. The van der Waals surface area contributed by atoms with E-state index in [1.54, 1.807) is 18.2 Å². The third-order valence-electron chi connectivity index (χ3n) is 4.24. The van der Waals surface area contributed by atoms with Crippen LogP contribution in [0.25, 0.3) is 0 Å². The molecule has 3 aromatic rings. The summed E-state index contributed by atoms with van der Waals surface area (Å²) in [5.74, 6) is -5.29. The minimum Gasteiger partial charge on any atom is -0.507 e. The largest absolute Gasteiger partial charge is 0.507 e. The van der Waals surface area contributed by atoms with Gasteiger partial charge in [0.15, 0.2) is 0 Å². The fourth-order valence-corrected chi connectivity index (χ4v) is 2.65. The topological polar surface area (TPSA) is 147 Å². The number of alkyl halides is 3. The van der Waals surface area contributed by atoms with Gasteiger partial charge in [0.25, 0.3) is 0 Å². The van der Waals surface area contributed by atoms with Crippen LogP contribution in [0.4, 0.5) is 13.2 Å². The number of benzene rings is 3. The molecule has 0 spiro atoms. The monoisotopic (exact) mass is 506 g/mol. The first-order valence-corrected chi connectivity index (χ1v) is 9.76. The molecule has 3 rings (SSSR count). The van der Waals surface area contributed by atoms with Crippen LogP contribution in [0.5, 0.6) is 17.2 Å². The lowest BCUT2D eigenvalue weighted by Crippen LogP contribution is -2.11. The Bertz CT molecular complexity index is 1300. The number of phenols is 1. The predicted molar refractivity (Wildman–Crippen MR) is 116 cm³/mol. The zero-order chi connectivity index (χ0) is 27.0. The zero-order valence-electron chi connectivity index (χ0n) is 18.3. The fraction of sp³-hybridized carbons (Fsp3) is 0.0833. The van der Waals surface area contributed by atoms with E-state index in [9.17, 15) is 37.5 Å². The Labute approximate surface area is 200 Å². The predicted octanol–water partition coefficient (Wildman–Crippen LogP) is 4.64. The summed E-state index contributed by atoms with van der Waals surface area (Å²) in [5, 5.41) is 27.2. The molecule has 0 radical (unpaired) electrons. The van der Waals surface area contributed by atoms with E-state index in [4.69, 9.17) is 14.9 Å². The first kappa shape index (κ1) is 27.4. The van der Waals surface area contributed by atoms with Crippen molar-refractivity contribution in [3.05, 3.63) is 89.0 Å². The van der Waals surface area contributed by atoms with E-state index in [2.05, 4.69) is 4.74 Å². The molecule has 0 unspecified atom stereocenters. The summed E-state index contributed by atoms with van der Waals surface area (Å²) in [5.41, 5.74) is -1.74. The molecular weight excluding hydrogens is 489 g/mol. The second-order valence-corrected chi connectivity index (χ2v) is 6.82. The van der Waals surface area contributed by atoms with Gasteiger partial charge in [-0.25, -0.2) is 14.4 Å². The maximum Gasteiger partial charge on any atom is 0.416 e. The minimum atomic E-state index is -4.63. The summed E-state index contributed by atoms with van der Waals surface area (Å²) >= 11 is 0. The van der Waals surface area contributed by atoms with Crippen LogP contribution in [0.15, 0.2) is 66.7 Å². The maximum atomic E-state index is 12.4. The van der Waals surface area contributed by atoms with Gasteiger partial charge in [0.1, 0.15) is 33.9 Å². The Balaban J connectivity index is 0.000000255. The molecule has 0 bridgehead atoms. The van der Waals surface area contributed by atoms with Gasteiger partial charge in [-0.05, 0) is 42.5 Å². The lowest BCUT2D eigenvalue weighted by molar-refractivity contribution is -0.138. The number of aromatic carboxylic acids is 2. The van der Waals surface area contributed by atoms with Gasteiger partial charge in [0.2, 0.25) is 0 Å². The molecule has 3 N–H and O–H groups in total. The third-order valence-corrected chi connectivity index (χ3v) is 4.24. The molecule has 0 saturated carbocycles. The van der Waals surface area contributed by atoms with Crippen LogP contribution >= 0.6 is 0 Å². The van der Waals surface area contributed by atoms with Crippen molar-refractivity contribution in [2.75, 3.05) is 0 Å². The molecule has 0 aromatic heterocycles. The number of carbonyl (C=O) groups excluding carboxylic acids is 2. The molecule has 36 heavy (non-hydrogen) atoms. The summed E-state index contributed by atoms with van der Waals surface area (Å²) in [6.45, 7) is 0.964. The van der Waals surface area contributed by atoms with Gasteiger partial charge in [-0.2, -0.15) is 13.2 Å². The van der Waals surface area contributed by atoms with E-state index in [0.29, 0.717) is 12.1 Å². The Morgan fingerprint density at radius 3 is 1.78 bits per heavy atom. The van der Waals surface area contributed by atoms with Crippen molar-refractivity contribution in [3.63, 3.8) is 0 Å². The SMILES string of the molecule is CC(=O)Oc1cc(C(F)(F)F)ccc1C(=O)O.O=C(Oc1ccccc1C(=O)O)c1ccccc1O. The molecule has 0 fully saturated rings. The average molecular weight is 506 g/mol. The number of hydrogen-bond acceptors (Lipinski definition) is 7. The van der Waals surface area contributed by atoms with E-state index in [0.717, 1.165) is 13.0 Å². The quantitative estimate of drug-likeness (QED) is 0.333. The smallest absolute Gasteiger partial charge is 0.416 e. The van der Waals surface area contributed by atoms with Crippen molar-refractivity contribution in [2.45, 2.75) is 13.1 Å². The van der Waals surface area contributed by atoms with Crippen LogP contribution in [-0.2, 0) is 11.0 Å². The number of carboxylic acid groups (broad SMARTS) is 2. The van der Waals surface area contributed by atoms with E-state index >= 15 is 0 Å². The second kappa shape index (κ2) is 11.5. The van der Waals surface area contributed by atoms with Crippen molar-refractivity contribution in [3.8, 4) is 17.2 Å². The first-order valence-electron chi connectivity index (χ1n) is 9.76. The van der Waals surface area contributed by atoms with Crippen LogP contribution in [0.3, 0.4) is 0 Å². The molecular formula is C24H17F3O9. The molecule has 0 aliphatic rings. The number of aromatic hydroxyl groups is 1. The van der Waals surface area contributed by atoms with Crippen LogP contribution in [0.2, 0.25) is 0 Å². The molecule has 3 aromatic carbocycles. The number of esters is 2. The van der Waals surface area contributed by atoms with Gasteiger partial charge in [-0.15, -0.1) is 0 Å². The molecule has 0 amide bonds. The number of carbonyl (C=O) groups is 4. The number of ether oxygens (including phenoxy) is 2. The highest BCUT2D eigenvalue weighted by molar-refractivity contribution is 5.96. The van der Waals surface area contributed by atoms with E-state index in [-0.39, 0.29) is 22.6 Å². The normalized spacial score (nSPS) is 10.4. The number of rotatable bonds is 5. The highest BCUT2D eigenvalue weighted by Gasteiger charge is 2.32. The Morgan fingerprint density at radius 2 is 1.25 bits per heavy atom. The number of hydrogen-bond donors (Lipinski definition) is 3. The molecule has 0 atom stereocenters. The van der Waals surface area contributed by atoms with Crippen LogP contribution < -0.4 is 9.47 Å². The Hall–Kier alpha value is -4.87. The molecule has 12 heteroatoms. The fourth-order valence-electron chi connectivity index (χ4n) is 2.65. The van der Waals surface area contributed by atoms with E-state index < -0.39 is 46.9 Å². The summed E-state index contributed by atoms with van der Waals surface area (Å²) in [6, 6.07) is 13.5. The highest BCUT2D eigenvalue weighted by atomic mass is 19.4. The Kier molecular flexibility index (Phi) is 8.75. The number of para-hydroxylation sites is 2. The number of carboxylic acids is 2. The van der Waals surface area contributed by atoms with Crippen molar-refractivity contribution < 1.29 is 57.1 Å². The molecule has 9 nitrogen and oxygen atoms in total. The highest BCUT2D eigenvalue weighted by Crippen LogP contribution is 2.33. The summed E-state index contributed by atoms with van der Waals surface area (Å²) in [6.07, 6.45) is -4.63. The summed E-state index contributed by atoms with van der Waals surface area (Å²) in [7, 11) is 0. The zero-order valence-corrected chi connectivity index (χ0v) is 18.3. The lowest BCUT2D eigenvalue weighted by Gasteiger charge is -2.10. The van der Waals surface area contributed by atoms with Gasteiger partial charge in [0, 0.05) is 6.92 Å². The molecule has 0 aliphatic carbocycles. The van der Waals surface area contributed by atoms with Gasteiger partial charge >= 0.3 is 30.1 Å². The maximum absolute atomic E-state index is 12.4. The van der Waals surface area contributed by atoms with Crippen LogP contribution in [-0.4, -0.2) is 39.2 Å². The average Bonchev–Trinajstić information content (AvgIpc) is 2.78. The molecule has 0 aliphatic heterocycles. The summed E-state index contributed by atoms with van der Waals surface area (Å²) < 4.78 is 46.5. The third kappa shape index (κ3) is 7.32. The Morgan fingerprint density at radius 1 is 0.722 bits per heavy atom. The number of halogens is 3. The lowest BCUT2D eigenvalue weighted by atomic mass is 10.1. The van der Waals surface area contributed by atoms with E-state index in [1.165, 1.54) is 30.3 Å². The molecule has 188 valence electrons. The van der Waals surface area contributed by atoms with Crippen LogP contribution in [0.1, 0.15) is 43.6 Å². The van der Waals surface area contributed by atoms with Gasteiger partial charge in [-0.1, -0.05) is 24.3 Å².